The molecular formula is C13H12N2S. The van der Waals surface area contributed by atoms with Crippen LogP contribution in [0, 0.1) is 6.92 Å². The average molecular weight is 228 g/mol. The van der Waals surface area contributed by atoms with Crippen molar-refractivity contribution in [3.63, 3.8) is 0 Å². The molecule has 2 aliphatic rings. The Labute approximate surface area is 98.7 Å². The van der Waals surface area contributed by atoms with E-state index in [2.05, 4.69) is 47.6 Å². The molecule has 2 heterocycles. The topological polar surface area (TPSA) is 24.4 Å². The lowest BCUT2D eigenvalue weighted by molar-refractivity contribution is 1.26. The molecule has 1 aromatic rings. The standard InChI is InChI=1S/C13H12N2S/c1-9-7-10-8-14-11-5-3-2-4-6-12(11)15-13(10)16-9/h2,4-8,15H,3H2,1H3. The molecule has 0 fully saturated rings. The van der Waals surface area contributed by atoms with Gasteiger partial charge in [0, 0.05) is 16.7 Å². The molecule has 80 valence electrons. The maximum atomic E-state index is 4.53. The number of rotatable bonds is 0. The molecule has 0 spiro atoms. The fraction of sp³-hybridized carbons (Fsp3) is 0.154. The number of anilines is 1. The smallest absolute Gasteiger partial charge is 0.102 e. The summed E-state index contributed by atoms with van der Waals surface area (Å²) in [6.07, 6.45) is 11.3. The Morgan fingerprint density at radius 3 is 3.31 bits per heavy atom. The van der Waals surface area contributed by atoms with Crippen LogP contribution in [0.2, 0.25) is 0 Å². The molecule has 3 rings (SSSR count). The van der Waals surface area contributed by atoms with E-state index in [1.54, 1.807) is 11.3 Å². The summed E-state index contributed by atoms with van der Waals surface area (Å²) in [5.41, 5.74) is 3.30. The van der Waals surface area contributed by atoms with Crippen LogP contribution in [0.3, 0.4) is 0 Å². The second-order valence-electron chi connectivity index (χ2n) is 3.86. The van der Waals surface area contributed by atoms with E-state index in [4.69, 9.17) is 0 Å². The van der Waals surface area contributed by atoms with E-state index >= 15 is 0 Å². The summed E-state index contributed by atoms with van der Waals surface area (Å²) in [6, 6.07) is 2.17. The molecule has 1 N–H and O–H groups in total. The number of nitrogens with one attached hydrogen (secondary N) is 1. The van der Waals surface area contributed by atoms with Crippen LogP contribution in [0.15, 0.2) is 46.8 Å². The minimum atomic E-state index is 0.945. The third kappa shape index (κ3) is 1.63. The number of allylic oxidation sites excluding steroid dienone is 4. The second kappa shape index (κ2) is 3.76. The van der Waals surface area contributed by atoms with E-state index in [0.29, 0.717) is 0 Å². The van der Waals surface area contributed by atoms with Crippen molar-refractivity contribution >= 4 is 22.6 Å². The predicted octanol–water partition coefficient (Wildman–Crippen LogP) is 3.63. The summed E-state index contributed by atoms with van der Waals surface area (Å²) in [4.78, 5) is 5.84. The molecule has 0 radical (unpaired) electrons. The van der Waals surface area contributed by atoms with Crippen molar-refractivity contribution in [2.75, 3.05) is 5.32 Å². The van der Waals surface area contributed by atoms with E-state index in [1.165, 1.54) is 15.4 Å². The molecule has 1 aliphatic heterocycles. The van der Waals surface area contributed by atoms with Gasteiger partial charge in [0.05, 0.1) is 11.4 Å². The Balaban J connectivity index is 2.10. The number of aryl methyl sites for hydroxylation is 1. The molecular weight excluding hydrogens is 216 g/mol. The van der Waals surface area contributed by atoms with Gasteiger partial charge in [0.25, 0.3) is 0 Å². The highest BCUT2D eigenvalue weighted by molar-refractivity contribution is 7.16. The Bertz CT molecular complexity index is 544. The van der Waals surface area contributed by atoms with Crippen LogP contribution in [0.1, 0.15) is 16.9 Å². The van der Waals surface area contributed by atoms with E-state index < -0.39 is 0 Å². The average Bonchev–Trinajstić information content (AvgIpc) is 2.44. The molecule has 3 heteroatoms. The highest BCUT2D eigenvalue weighted by Crippen LogP contribution is 2.32. The fourth-order valence-electron chi connectivity index (χ4n) is 1.83. The van der Waals surface area contributed by atoms with Gasteiger partial charge < -0.3 is 5.32 Å². The molecule has 1 aromatic heterocycles. The van der Waals surface area contributed by atoms with E-state index in [-0.39, 0.29) is 0 Å². The molecule has 0 aromatic carbocycles. The molecule has 1 aliphatic carbocycles. The van der Waals surface area contributed by atoms with Crippen molar-refractivity contribution in [1.29, 1.82) is 0 Å². The monoisotopic (exact) mass is 228 g/mol. The van der Waals surface area contributed by atoms with Gasteiger partial charge >= 0.3 is 0 Å². The van der Waals surface area contributed by atoms with Crippen LogP contribution < -0.4 is 5.32 Å². The van der Waals surface area contributed by atoms with Gasteiger partial charge in [0.15, 0.2) is 0 Å². The van der Waals surface area contributed by atoms with Gasteiger partial charge in [0.1, 0.15) is 5.00 Å². The first-order valence-corrected chi connectivity index (χ1v) is 6.13. The maximum absolute atomic E-state index is 4.53. The van der Waals surface area contributed by atoms with Crippen LogP contribution in [-0.4, -0.2) is 6.21 Å². The number of hydrogen-bond donors (Lipinski definition) is 1. The van der Waals surface area contributed by atoms with Crippen LogP contribution in [0.4, 0.5) is 5.00 Å². The van der Waals surface area contributed by atoms with Gasteiger partial charge in [-0.3, -0.25) is 4.99 Å². The molecule has 16 heavy (non-hydrogen) atoms. The second-order valence-corrected chi connectivity index (χ2v) is 5.11. The third-order valence-corrected chi connectivity index (χ3v) is 3.58. The number of fused-ring (bicyclic) bond motifs is 2. The summed E-state index contributed by atoms with van der Waals surface area (Å²) in [5, 5.41) is 4.64. The van der Waals surface area contributed by atoms with Crippen LogP contribution in [0.25, 0.3) is 0 Å². The third-order valence-electron chi connectivity index (χ3n) is 2.60. The van der Waals surface area contributed by atoms with Crippen LogP contribution in [-0.2, 0) is 0 Å². The van der Waals surface area contributed by atoms with E-state index in [1.807, 2.05) is 6.21 Å². The Kier molecular flexibility index (Phi) is 2.26. The van der Waals surface area contributed by atoms with Crippen LogP contribution in [0.5, 0.6) is 0 Å². The van der Waals surface area contributed by atoms with Gasteiger partial charge in [0.2, 0.25) is 0 Å². The quantitative estimate of drug-likeness (QED) is 0.720. The SMILES string of the molecule is Cc1cc2c(s1)NC1=CC=CCC=C1N=C2. The minimum Gasteiger partial charge on any atom is -0.345 e. The molecule has 0 saturated heterocycles. The summed E-state index contributed by atoms with van der Waals surface area (Å²) in [7, 11) is 0. The lowest BCUT2D eigenvalue weighted by Gasteiger charge is -2.06. The molecule has 2 nitrogen and oxygen atoms in total. The fourth-order valence-corrected chi connectivity index (χ4v) is 2.73. The first kappa shape index (κ1) is 9.60. The predicted molar refractivity (Wildman–Crippen MR) is 70.2 cm³/mol. The normalized spacial score (nSPS) is 17.6. The Hall–Kier alpha value is -1.61. The van der Waals surface area contributed by atoms with Gasteiger partial charge in [-0.05, 0) is 25.5 Å². The van der Waals surface area contributed by atoms with E-state index in [0.717, 1.165) is 17.8 Å². The molecule has 0 saturated carbocycles. The lowest BCUT2D eigenvalue weighted by atomic mass is 10.3. The molecule has 0 atom stereocenters. The minimum absolute atomic E-state index is 0.945. The highest BCUT2D eigenvalue weighted by Gasteiger charge is 2.13. The van der Waals surface area contributed by atoms with Crippen molar-refractivity contribution in [1.82, 2.24) is 0 Å². The Morgan fingerprint density at radius 2 is 2.38 bits per heavy atom. The van der Waals surface area contributed by atoms with Crippen molar-refractivity contribution in [2.45, 2.75) is 13.3 Å². The van der Waals surface area contributed by atoms with Crippen LogP contribution >= 0.6 is 11.3 Å². The summed E-state index contributed by atoms with van der Waals surface area (Å²) in [6.45, 7) is 2.12. The van der Waals surface area contributed by atoms with Gasteiger partial charge in [-0.15, -0.1) is 11.3 Å². The van der Waals surface area contributed by atoms with Crippen molar-refractivity contribution in [3.8, 4) is 0 Å². The maximum Gasteiger partial charge on any atom is 0.102 e. The van der Waals surface area contributed by atoms with Crippen molar-refractivity contribution < 1.29 is 0 Å². The largest absolute Gasteiger partial charge is 0.345 e. The zero-order chi connectivity index (χ0) is 11.0. The van der Waals surface area contributed by atoms with Gasteiger partial charge in [-0.2, -0.15) is 0 Å². The van der Waals surface area contributed by atoms with Crippen molar-refractivity contribution in [3.05, 3.63) is 52.2 Å². The van der Waals surface area contributed by atoms with Gasteiger partial charge in [-0.25, -0.2) is 0 Å². The summed E-state index contributed by atoms with van der Waals surface area (Å²) in [5.74, 6) is 0. The summed E-state index contributed by atoms with van der Waals surface area (Å²) < 4.78 is 0. The first-order chi connectivity index (χ1) is 7.83. The first-order valence-electron chi connectivity index (χ1n) is 5.32. The lowest BCUT2D eigenvalue weighted by Crippen LogP contribution is -1.98. The number of aliphatic imine (C=N–C) groups is 1. The molecule has 0 unspecified atom stereocenters. The number of thiophene rings is 1. The zero-order valence-corrected chi connectivity index (χ0v) is 9.84. The van der Waals surface area contributed by atoms with Crippen molar-refractivity contribution in [2.24, 2.45) is 4.99 Å². The number of nitrogens with zero attached hydrogens (tertiary/aromatic N) is 1. The highest BCUT2D eigenvalue weighted by atomic mass is 32.1. The van der Waals surface area contributed by atoms with E-state index in [9.17, 15) is 0 Å². The molecule has 0 bridgehead atoms. The number of hydrogen-bond acceptors (Lipinski definition) is 3. The molecule has 0 amide bonds. The van der Waals surface area contributed by atoms with Gasteiger partial charge in [-0.1, -0.05) is 18.2 Å². The summed E-state index contributed by atoms with van der Waals surface area (Å²) >= 11 is 1.77. The zero-order valence-electron chi connectivity index (χ0n) is 9.03. The Morgan fingerprint density at radius 1 is 1.44 bits per heavy atom.